The van der Waals surface area contributed by atoms with E-state index in [1.54, 1.807) is 0 Å². The first-order chi connectivity index (χ1) is 7.15. The minimum absolute atomic E-state index is 0.111. The number of hydrogen-bond acceptors (Lipinski definition) is 4. The van der Waals surface area contributed by atoms with Gasteiger partial charge in [-0.05, 0) is 12.1 Å². The number of nitrogen functional groups attached to an aromatic ring is 1. The van der Waals surface area contributed by atoms with Gasteiger partial charge in [0.25, 0.3) is 0 Å². The van der Waals surface area contributed by atoms with E-state index in [-0.39, 0.29) is 28.5 Å². The van der Waals surface area contributed by atoms with E-state index in [1.807, 2.05) is 6.07 Å². The van der Waals surface area contributed by atoms with E-state index in [9.17, 15) is 4.79 Å². The molecule has 5 heteroatoms. The molecule has 1 aromatic carbocycles. The van der Waals surface area contributed by atoms with Crippen LogP contribution in [0.5, 0.6) is 5.75 Å². The van der Waals surface area contributed by atoms with Crippen molar-refractivity contribution in [1.29, 1.82) is 5.26 Å². The molecule has 4 nitrogen and oxygen atoms in total. The van der Waals surface area contributed by atoms with E-state index in [2.05, 4.69) is 0 Å². The van der Waals surface area contributed by atoms with Crippen molar-refractivity contribution in [3.05, 3.63) is 23.3 Å². The molecular formula is C10H9ClN2O2. The monoisotopic (exact) mass is 224 g/mol. The van der Waals surface area contributed by atoms with Crippen molar-refractivity contribution in [3.63, 3.8) is 0 Å². The van der Waals surface area contributed by atoms with E-state index >= 15 is 0 Å². The van der Waals surface area contributed by atoms with Crippen molar-refractivity contribution in [2.75, 3.05) is 18.7 Å². The van der Waals surface area contributed by atoms with Crippen LogP contribution in [0.2, 0.25) is 0 Å². The van der Waals surface area contributed by atoms with Crippen LogP contribution < -0.4 is 10.5 Å². The van der Waals surface area contributed by atoms with Crippen molar-refractivity contribution in [3.8, 4) is 11.8 Å². The number of methoxy groups -OCH3 is 1. The van der Waals surface area contributed by atoms with Crippen molar-refractivity contribution >= 4 is 23.1 Å². The Bertz CT molecular complexity index is 438. The highest BCUT2D eigenvalue weighted by molar-refractivity contribution is 6.31. The average Bonchev–Trinajstić information content (AvgIpc) is 2.27. The Morgan fingerprint density at radius 1 is 1.67 bits per heavy atom. The van der Waals surface area contributed by atoms with Crippen LogP contribution in [0.15, 0.2) is 12.1 Å². The van der Waals surface area contributed by atoms with Gasteiger partial charge in [0.05, 0.1) is 29.8 Å². The van der Waals surface area contributed by atoms with Crippen LogP contribution in [-0.2, 0) is 0 Å². The van der Waals surface area contributed by atoms with Crippen LogP contribution >= 0.6 is 11.6 Å². The molecule has 0 heterocycles. The Labute approximate surface area is 92.2 Å². The number of nitrogens with two attached hydrogens (primary N) is 1. The SMILES string of the molecule is COc1ccc(N)c(C#N)c1C(=O)CCl. The Morgan fingerprint density at radius 2 is 2.33 bits per heavy atom. The third-order valence-electron chi connectivity index (χ3n) is 1.93. The summed E-state index contributed by atoms with van der Waals surface area (Å²) in [5.41, 5.74) is 6.08. The Balaban J connectivity index is 3.49. The summed E-state index contributed by atoms with van der Waals surface area (Å²) < 4.78 is 4.98. The summed E-state index contributed by atoms with van der Waals surface area (Å²) in [4.78, 5) is 11.5. The number of nitrogens with zero attached hydrogens (tertiary/aromatic N) is 1. The molecule has 0 atom stereocenters. The van der Waals surface area contributed by atoms with Crippen LogP contribution in [0.1, 0.15) is 15.9 Å². The molecule has 0 saturated heterocycles. The van der Waals surface area contributed by atoms with Gasteiger partial charge in [-0.2, -0.15) is 5.26 Å². The highest BCUT2D eigenvalue weighted by Crippen LogP contribution is 2.27. The molecule has 0 aliphatic carbocycles. The first kappa shape index (κ1) is 11.3. The van der Waals surface area contributed by atoms with Crippen LogP contribution in [0.3, 0.4) is 0 Å². The van der Waals surface area contributed by atoms with E-state index in [0.717, 1.165) is 0 Å². The summed E-state index contributed by atoms with van der Waals surface area (Å²) in [6.07, 6.45) is 0. The highest BCUT2D eigenvalue weighted by Gasteiger charge is 2.18. The number of alkyl halides is 1. The maximum atomic E-state index is 11.5. The molecular weight excluding hydrogens is 216 g/mol. The second-order valence-electron chi connectivity index (χ2n) is 2.78. The summed E-state index contributed by atoms with van der Waals surface area (Å²) >= 11 is 5.44. The molecule has 0 amide bonds. The number of anilines is 1. The number of hydrogen-bond donors (Lipinski definition) is 1. The van der Waals surface area contributed by atoms with E-state index in [1.165, 1.54) is 19.2 Å². The molecule has 0 saturated carbocycles. The molecule has 0 spiro atoms. The van der Waals surface area contributed by atoms with Gasteiger partial charge >= 0.3 is 0 Å². The zero-order chi connectivity index (χ0) is 11.4. The van der Waals surface area contributed by atoms with Crippen molar-refractivity contribution < 1.29 is 9.53 Å². The molecule has 0 aliphatic rings. The minimum Gasteiger partial charge on any atom is -0.496 e. The number of carbonyl (C=O) groups is 1. The lowest BCUT2D eigenvalue weighted by Gasteiger charge is -2.09. The lowest BCUT2D eigenvalue weighted by atomic mass is 10.0. The van der Waals surface area contributed by atoms with Gasteiger partial charge in [0.1, 0.15) is 11.8 Å². The number of nitriles is 1. The largest absolute Gasteiger partial charge is 0.496 e. The topological polar surface area (TPSA) is 76.1 Å². The smallest absolute Gasteiger partial charge is 0.182 e. The van der Waals surface area contributed by atoms with Crippen LogP contribution in [0, 0.1) is 11.3 Å². The van der Waals surface area contributed by atoms with Gasteiger partial charge in [-0.15, -0.1) is 11.6 Å². The molecule has 0 bridgehead atoms. The average molecular weight is 225 g/mol. The van der Waals surface area contributed by atoms with Gasteiger partial charge in [-0.25, -0.2) is 0 Å². The predicted octanol–water partition coefficient (Wildman–Crippen LogP) is 1.57. The Morgan fingerprint density at radius 3 is 2.80 bits per heavy atom. The van der Waals surface area contributed by atoms with E-state index < -0.39 is 0 Å². The molecule has 78 valence electrons. The predicted molar refractivity (Wildman–Crippen MR) is 57.2 cm³/mol. The molecule has 0 aliphatic heterocycles. The second kappa shape index (κ2) is 4.67. The quantitative estimate of drug-likeness (QED) is 0.480. The fraction of sp³-hybridized carbons (Fsp3) is 0.200. The number of ketones is 1. The molecule has 0 fully saturated rings. The van der Waals surface area contributed by atoms with E-state index in [4.69, 9.17) is 27.3 Å². The van der Waals surface area contributed by atoms with Crippen molar-refractivity contribution in [2.45, 2.75) is 0 Å². The maximum Gasteiger partial charge on any atom is 0.182 e. The molecule has 0 radical (unpaired) electrons. The number of halogens is 1. The fourth-order valence-electron chi connectivity index (χ4n) is 1.23. The molecule has 0 unspecified atom stereocenters. The third kappa shape index (κ3) is 2.03. The van der Waals surface area contributed by atoms with Gasteiger partial charge in [0, 0.05) is 0 Å². The molecule has 2 N–H and O–H groups in total. The Hall–Kier alpha value is -1.73. The van der Waals surface area contributed by atoms with Gasteiger partial charge in [0.15, 0.2) is 5.78 Å². The summed E-state index contributed by atoms with van der Waals surface area (Å²) in [5, 5.41) is 8.88. The zero-order valence-corrected chi connectivity index (χ0v) is 8.84. The number of benzene rings is 1. The first-order valence-corrected chi connectivity index (χ1v) is 4.64. The summed E-state index contributed by atoms with van der Waals surface area (Å²) in [7, 11) is 1.41. The van der Waals surface area contributed by atoms with E-state index in [0.29, 0.717) is 5.75 Å². The Kier molecular flexibility index (Phi) is 3.53. The van der Waals surface area contributed by atoms with Crippen LogP contribution in [-0.4, -0.2) is 18.8 Å². The van der Waals surface area contributed by atoms with Crippen LogP contribution in [0.25, 0.3) is 0 Å². The molecule has 1 rings (SSSR count). The summed E-state index contributed by atoms with van der Waals surface area (Å²) in [5.74, 6) is -0.280. The summed E-state index contributed by atoms with van der Waals surface area (Å²) in [6.45, 7) is 0. The normalized spacial score (nSPS) is 9.40. The molecule has 0 aromatic heterocycles. The van der Waals surface area contributed by atoms with Gasteiger partial charge in [-0.3, -0.25) is 4.79 Å². The second-order valence-corrected chi connectivity index (χ2v) is 3.04. The van der Waals surface area contributed by atoms with Gasteiger partial charge in [0.2, 0.25) is 0 Å². The minimum atomic E-state index is -0.377. The molecule has 1 aromatic rings. The van der Waals surface area contributed by atoms with Gasteiger partial charge in [-0.1, -0.05) is 0 Å². The number of carbonyl (C=O) groups excluding carboxylic acids is 1. The van der Waals surface area contributed by atoms with Crippen LogP contribution in [0.4, 0.5) is 5.69 Å². The van der Waals surface area contributed by atoms with Crippen molar-refractivity contribution in [2.24, 2.45) is 0 Å². The first-order valence-electron chi connectivity index (χ1n) is 4.11. The number of rotatable bonds is 3. The van der Waals surface area contributed by atoms with Crippen molar-refractivity contribution in [1.82, 2.24) is 0 Å². The maximum absolute atomic E-state index is 11.5. The van der Waals surface area contributed by atoms with Gasteiger partial charge < -0.3 is 10.5 Å². The highest BCUT2D eigenvalue weighted by atomic mass is 35.5. The number of Topliss-reactive ketones (excluding diaryl/α,β-unsaturated/α-hetero) is 1. The lowest BCUT2D eigenvalue weighted by molar-refractivity contribution is 0.101. The zero-order valence-electron chi connectivity index (χ0n) is 8.08. The summed E-state index contributed by atoms with van der Waals surface area (Å²) in [6, 6.07) is 4.92. The number of ether oxygens (including phenoxy) is 1. The lowest BCUT2D eigenvalue weighted by Crippen LogP contribution is -2.08. The fourth-order valence-corrected chi connectivity index (χ4v) is 1.37. The third-order valence-corrected chi connectivity index (χ3v) is 2.17. The molecule has 15 heavy (non-hydrogen) atoms. The standard InChI is InChI=1S/C10H9ClN2O2/c1-15-9-3-2-7(13)6(5-12)10(9)8(14)4-11/h2-3H,4,13H2,1H3.